The SMILES string of the molecule is COc1ccc(C(Cl)C#N)c(Cl)c1OC. The van der Waals surface area contributed by atoms with Crippen LogP contribution in [0.15, 0.2) is 12.1 Å². The molecule has 5 heteroatoms. The number of benzene rings is 1. The van der Waals surface area contributed by atoms with E-state index >= 15 is 0 Å². The maximum Gasteiger partial charge on any atom is 0.179 e. The molecule has 1 atom stereocenters. The van der Waals surface area contributed by atoms with Gasteiger partial charge in [0.2, 0.25) is 0 Å². The van der Waals surface area contributed by atoms with Gasteiger partial charge in [0, 0.05) is 5.56 Å². The first-order valence-corrected chi connectivity index (χ1v) is 4.91. The predicted octanol–water partition coefficient (Wildman–Crippen LogP) is 3.16. The highest BCUT2D eigenvalue weighted by molar-refractivity contribution is 6.34. The Labute approximate surface area is 98.1 Å². The average molecular weight is 246 g/mol. The summed E-state index contributed by atoms with van der Waals surface area (Å²) in [6, 6.07) is 5.20. The molecule has 1 unspecified atom stereocenters. The quantitative estimate of drug-likeness (QED) is 0.769. The number of alkyl halides is 1. The Morgan fingerprint density at radius 2 is 2.00 bits per heavy atom. The van der Waals surface area contributed by atoms with E-state index in [1.165, 1.54) is 14.2 Å². The largest absolute Gasteiger partial charge is 0.493 e. The number of ether oxygens (including phenoxy) is 2. The lowest BCUT2D eigenvalue weighted by Crippen LogP contribution is -1.95. The van der Waals surface area contributed by atoms with Gasteiger partial charge in [0.15, 0.2) is 11.5 Å². The molecule has 0 heterocycles. The molecule has 1 rings (SSSR count). The Kier molecular flexibility index (Phi) is 4.07. The van der Waals surface area contributed by atoms with Gasteiger partial charge in [0.1, 0.15) is 5.38 Å². The molecule has 0 saturated carbocycles. The summed E-state index contributed by atoms with van der Waals surface area (Å²) >= 11 is 11.8. The van der Waals surface area contributed by atoms with Crippen molar-refractivity contribution in [3.63, 3.8) is 0 Å². The zero-order chi connectivity index (χ0) is 11.4. The second kappa shape index (κ2) is 5.11. The van der Waals surface area contributed by atoms with Crippen LogP contribution in [0.1, 0.15) is 10.9 Å². The topological polar surface area (TPSA) is 42.2 Å². The van der Waals surface area contributed by atoms with Crippen molar-refractivity contribution < 1.29 is 9.47 Å². The smallest absolute Gasteiger partial charge is 0.179 e. The van der Waals surface area contributed by atoms with E-state index in [9.17, 15) is 0 Å². The Morgan fingerprint density at radius 1 is 1.33 bits per heavy atom. The van der Waals surface area contributed by atoms with Gasteiger partial charge in [-0.15, -0.1) is 11.6 Å². The van der Waals surface area contributed by atoms with Crippen molar-refractivity contribution in [1.82, 2.24) is 0 Å². The second-order valence-corrected chi connectivity index (χ2v) is 3.51. The Balaban J connectivity index is 3.30. The van der Waals surface area contributed by atoms with Crippen LogP contribution in [0.5, 0.6) is 11.5 Å². The van der Waals surface area contributed by atoms with Gasteiger partial charge in [-0.25, -0.2) is 0 Å². The summed E-state index contributed by atoms with van der Waals surface area (Å²) in [4.78, 5) is 0. The number of halogens is 2. The predicted molar refractivity (Wildman–Crippen MR) is 58.8 cm³/mol. The monoisotopic (exact) mass is 245 g/mol. The summed E-state index contributed by atoms with van der Waals surface area (Å²) in [6.07, 6.45) is 0. The highest BCUT2D eigenvalue weighted by Gasteiger charge is 2.17. The Hall–Kier alpha value is -1.11. The first-order valence-electron chi connectivity index (χ1n) is 4.09. The van der Waals surface area contributed by atoms with Crippen LogP contribution in [-0.2, 0) is 0 Å². The van der Waals surface area contributed by atoms with E-state index in [-0.39, 0.29) is 0 Å². The van der Waals surface area contributed by atoms with Gasteiger partial charge in [0.25, 0.3) is 0 Å². The maximum absolute atomic E-state index is 8.69. The second-order valence-electron chi connectivity index (χ2n) is 2.70. The number of rotatable bonds is 3. The fourth-order valence-corrected chi connectivity index (χ4v) is 1.75. The summed E-state index contributed by atoms with van der Waals surface area (Å²) in [5, 5.41) is 8.20. The highest BCUT2D eigenvalue weighted by atomic mass is 35.5. The molecule has 0 bridgehead atoms. The average Bonchev–Trinajstić information content (AvgIpc) is 2.27. The molecule has 80 valence electrons. The Morgan fingerprint density at radius 3 is 2.47 bits per heavy atom. The molecule has 0 aromatic heterocycles. The van der Waals surface area contributed by atoms with Crippen LogP contribution in [0.2, 0.25) is 5.02 Å². The van der Waals surface area contributed by atoms with E-state index in [2.05, 4.69) is 0 Å². The van der Waals surface area contributed by atoms with E-state index in [1.807, 2.05) is 6.07 Å². The number of methoxy groups -OCH3 is 2. The third-order valence-electron chi connectivity index (χ3n) is 1.90. The van der Waals surface area contributed by atoms with Crippen LogP contribution >= 0.6 is 23.2 Å². The molecule has 1 aromatic carbocycles. The summed E-state index contributed by atoms with van der Waals surface area (Å²) in [5.41, 5.74) is 0.512. The molecule has 1 aromatic rings. The number of nitrogens with zero attached hydrogens (tertiary/aromatic N) is 1. The molecule has 0 fully saturated rings. The first-order chi connectivity index (χ1) is 7.15. The zero-order valence-corrected chi connectivity index (χ0v) is 9.76. The van der Waals surface area contributed by atoms with E-state index in [0.29, 0.717) is 22.1 Å². The van der Waals surface area contributed by atoms with E-state index in [0.717, 1.165) is 0 Å². The van der Waals surface area contributed by atoms with E-state index in [1.54, 1.807) is 12.1 Å². The van der Waals surface area contributed by atoms with Crippen molar-refractivity contribution in [1.29, 1.82) is 5.26 Å². The van der Waals surface area contributed by atoms with Gasteiger partial charge in [-0.2, -0.15) is 5.26 Å². The highest BCUT2D eigenvalue weighted by Crippen LogP contribution is 2.40. The molecule has 0 aliphatic heterocycles. The summed E-state index contributed by atoms with van der Waals surface area (Å²) in [5.74, 6) is 0.894. The fourth-order valence-electron chi connectivity index (χ4n) is 1.17. The lowest BCUT2D eigenvalue weighted by Gasteiger charge is -2.12. The lowest BCUT2D eigenvalue weighted by molar-refractivity contribution is 0.355. The van der Waals surface area contributed by atoms with Gasteiger partial charge >= 0.3 is 0 Å². The zero-order valence-electron chi connectivity index (χ0n) is 8.25. The molecule has 0 spiro atoms. The molecule has 0 radical (unpaired) electrons. The van der Waals surface area contributed by atoms with Crippen LogP contribution < -0.4 is 9.47 Å². The summed E-state index contributed by atoms with van der Waals surface area (Å²) in [7, 11) is 2.99. The molecular weight excluding hydrogens is 237 g/mol. The molecule has 0 N–H and O–H groups in total. The van der Waals surface area contributed by atoms with E-state index < -0.39 is 5.38 Å². The summed E-state index contributed by atoms with van der Waals surface area (Å²) < 4.78 is 10.1. The maximum atomic E-state index is 8.69. The number of hydrogen-bond acceptors (Lipinski definition) is 3. The van der Waals surface area contributed by atoms with Gasteiger partial charge in [-0.3, -0.25) is 0 Å². The molecule has 0 aliphatic carbocycles. The molecule has 0 aliphatic rings. The lowest BCUT2D eigenvalue weighted by atomic mass is 10.1. The third kappa shape index (κ3) is 2.28. The molecule has 0 saturated heterocycles. The van der Waals surface area contributed by atoms with Crippen LogP contribution in [0.25, 0.3) is 0 Å². The minimum atomic E-state index is -0.794. The van der Waals surface area contributed by atoms with Crippen molar-refractivity contribution in [2.24, 2.45) is 0 Å². The van der Waals surface area contributed by atoms with Gasteiger partial charge in [-0.1, -0.05) is 17.7 Å². The van der Waals surface area contributed by atoms with Crippen LogP contribution in [0.4, 0.5) is 0 Å². The summed E-state index contributed by atoms with van der Waals surface area (Å²) in [6.45, 7) is 0. The van der Waals surface area contributed by atoms with Crippen molar-refractivity contribution in [2.75, 3.05) is 14.2 Å². The molecule has 3 nitrogen and oxygen atoms in total. The van der Waals surface area contributed by atoms with Crippen LogP contribution in [-0.4, -0.2) is 14.2 Å². The Bertz CT molecular complexity index is 401. The number of hydrogen-bond donors (Lipinski definition) is 0. The minimum absolute atomic E-state index is 0.304. The third-order valence-corrected chi connectivity index (χ3v) is 2.62. The van der Waals surface area contributed by atoms with Gasteiger partial charge < -0.3 is 9.47 Å². The van der Waals surface area contributed by atoms with Crippen molar-refractivity contribution in [2.45, 2.75) is 5.38 Å². The van der Waals surface area contributed by atoms with Gasteiger partial charge in [-0.05, 0) is 6.07 Å². The molecule has 15 heavy (non-hydrogen) atoms. The standard InChI is InChI=1S/C10H9Cl2NO2/c1-14-8-4-3-6(7(11)5-13)9(12)10(8)15-2/h3-4,7H,1-2H3. The van der Waals surface area contributed by atoms with Crippen molar-refractivity contribution in [3.05, 3.63) is 22.7 Å². The minimum Gasteiger partial charge on any atom is -0.493 e. The van der Waals surface area contributed by atoms with Gasteiger partial charge in [0.05, 0.1) is 25.3 Å². The van der Waals surface area contributed by atoms with E-state index in [4.69, 9.17) is 37.9 Å². The number of nitriles is 1. The molecule has 0 amide bonds. The first kappa shape index (κ1) is 12.0. The van der Waals surface area contributed by atoms with Crippen molar-refractivity contribution >= 4 is 23.2 Å². The fraction of sp³-hybridized carbons (Fsp3) is 0.300. The van der Waals surface area contributed by atoms with Crippen LogP contribution in [0, 0.1) is 11.3 Å². The molecular formula is C10H9Cl2NO2. The van der Waals surface area contributed by atoms with Crippen molar-refractivity contribution in [3.8, 4) is 17.6 Å². The normalized spacial score (nSPS) is 11.7. The van der Waals surface area contributed by atoms with Crippen LogP contribution in [0.3, 0.4) is 0 Å².